The molecule has 0 unspecified atom stereocenters. The molecule has 0 amide bonds. The van der Waals surface area contributed by atoms with Gasteiger partial charge in [-0.25, -0.2) is 22.0 Å². The number of thioether (sulfide) groups is 1. The Bertz CT molecular complexity index is 1460. The summed E-state index contributed by atoms with van der Waals surface area (Å²) in [5.74, 6) is -4.39. The SMILES string of the molecule is CCCCCC1CCC(C2CCC(c3ccc(-c4cc(F)c(C(F)(F)Oc5cc(F)c(SCC)c(F)c5)c(F)c4)c(F)c3)CC2)CC1. The summed E-state index contributed by atoms with van der Waals surface area (Å²) in [5, 5.41) is 0. The Kier molecular flexibility index (Phi) is 11.9. The molecule has 0 atom stereocenters. The fraction of sp³-hybridized carbons (Fsp3) is 0.526. The molecule has 2 fully saturated rings. The van der Waals surface area contributed by atoms with E-state index < -0.39 is 46.5 Å². The van der Waals surface area contributed by atoms with Crippen LogP contribution in [0.25, 0.3) is 11.1 Å². The van der Waals surface area contributed by atoms with E-state index in [-0.39, 0.29) is 21.9 Å². The van der Waals surface area contributed by atoms with E-state index in [1.807, 2.05) is 0 Å². The zero-order valence-electron chi connectivity index (χ0n) is 27.0. The number of unbranched alkanes of at least 4 members (excludes halogenated alkanes) is 2. The number of benzene rings is 3. The highest BCUT2D eigenvalue weighted by Crippen LogP contribution is 2.45. The summed E-state index contributed by atoms with van der Waals surface area (Å²) in [6, 6.07) is 6.84. The van der Waals surface area contributed by atoms with Gasteiger partial charge in [-0.05, 0) is 97.3 Å². The molecule has 5 rings (SSSR count). The van der Waals surface area contributed by atoms with Crippen LogP contribution >= 0.6 is 11.8 Å². The molecule has 2 saturated carbocycles. The minimum Gasteiger partial charge on any atom is -0.429 e. The molecule has 0 spiro atoms. The lowest BCUT2D eigenvalue weighted by Gasteiger charge is -2.38. The molecule has 0 saturated heterocycles. The first-order chi connectivity index (χ1) is 22.5. The van der Waals surface area contributed by atoms with Crippen molar-refractivity contribution in [2.75, 3.05) is 5.75 Å². The molecular formula is C38H43F7OS. The topological polar surface area (TPSA) is 9.23 Å². The van der Waals surface area contributed by atoms with Crippen molar-refractivity contribution < 1.29 is 35.5 Å². The van der Waals surface area contributed by atoms with Crippen LogP contribution in [0.2, 0.25) is 0 Å². The molecule has 0 bridgehead atoms. The Labute approximate surface area is 277 Å². The standard InChI is InChI=1S/C38H43F7OS/c1-3-5-6-7-23-8-10-24(11-9-23)25-12-14-26(15-13-25)27-16-17-30(31(39)18-27)28-19-32(40)36(33(41)20-28)38(44,45)46-29-21-34(42)37(47-4-2)35(43)22-29/h16-26H,3-15H2,1-2H3. The second-order valence-electron chi connectivity index (χ2n) is 13.2. The van der Waals surface area contributed by atoms with Crippen LogP contribution in [0, 0.1) is 46.8 Å². The quantitative estimate of drug-likeness (QED) is 0.107. The van der Waals surface area contributed by atoms with Crippen molar-refractivity contribution in [2.45, 2.75) is 108 Å². The lowest BCUT2D eigenvalue weighted by Crippen LogP contribution is -2.25. The minimum atomic E-state index is -4.61. The van der Waals surface area contributed by atoms with Gasteiger partial charge in [0.1, 0.15) is 40.4 Å². The second kappa shape index (κ2) is 15.7. The van der Waals surface area contributed by atoms with Gasteiger partial charge in [-0.15, -0.1) is 11.8 Å². The van der Waals surface area contributed by atoms with Gasteiger partial charge in [-0.3, -0.25) is 0 Å². The van der Waals surface area contributed by atoms with Crippen LogP contribution in [0.1, 0.15) is 108 Å². The highest BCUT2D eigenvalue weighted by Gasteiger charge is 2.42. The Hall–Kier alpha value is -2.68. The van der Waals surface area contributed by atoms with Gasteiger partial charge in [0.25, 0.3) is 0 Å². The zero-order valence-corrected chi connectivity index (χ0v) is 27.8. The van der Waals surface area contributed by atoms with Crippen LogP contribution < -0.4 is 4.74 Å². The minimum absolute atomic E-state index is 0.125. The van der Waals surface area contributed by atoms with Crippen LogP contribution in [0.4, 0.5) is 30.7 Å². The lowest BCUT2D eigenvalue weighted by atomic mass is 9.68. The average Bonchev–Trinajstić information content (AvgIpc) is 3.02. The van der Waals surface area contributed by atoms with E-state index >= 15 is 13.2 Å². The first-order valence-corrected chi connectivity index (χ1v) is 18.0. The highest BCUT2D eigenvalue weighted by atomic mass is 32.2. The van der Waals surface area contributed by atoms with Gasteiger partial charge in [0, 0.05) is 17.7 Å². The van der Waals surface area contributed by atoms with E-state index in [1.54, 1.807) is 13.0 Å². The van der Waals surface area contributed by atoms with Crippen LogP contribution in [0.15, 0.2) is 47.4 Å². The number of rotatable bonds is 12. The van der Waals surface area contributed by atoms with Crippen molar-refractivity contribution in [3.05, 3.63) is 82.7 Å². The Morgan fingerprint density at radius 3 is 1.85 bits per heavy atom. The van der Waals surface area contributed by atoms with Crippen molar-refractivity contribution in [3.8, 4) is 16.9 Å². The summed E-state index contributed by atoms with van der Waals surface area (Å²) in [4.78, 5) is -0.379. The Morgan fingerprint density at radius 1 is 0.702 bits per heavy atom. The van der Waals surface area contributed by atoms with Gasteiger partial charge in [-0.1, -0.05) is 64.5 Å². The monoisotopic (exact) mass is 680 g/mol. The van der Waals surface area contributed by atoms with Crippen molar-refractivity contribution in [2.24, 2.45) is 17.8 Å². The first-order valence-electron chi connectivity index (χ1n) is 17.0. The van der Waals surface area contributed by atoms with Crippen molar-refractivity contribution in [3.63, 3.8) is 0 Å². The first kappa shape index (κ1) is 35.6. The van der Waals surface area contributed by atoms with E-state index in [1.165, 1.54) is 63.5 Å². The molecule has 2 aliphatic carbocycles. The van der Waals surface area contributed by atoms with Crippen molar-refractivity contribution in [1.29, 1.82) is 0 Å². The van der Waals surface area contributed by atoms with E-state index in [0.717, 1.165) is 54.8 Å². The average molecular weight is 681 g/mol. The van der Waals surface area contributed by atoms with Gasteiger partial charge in [0.05, 0.1) is 4.90 Å². The summed E-state index contributed by atoms with van der Waals surface area (Å²) in [6.45, 7) is 3.90. The number of ether oxygens (including phenoxy) is 1. The predicted octanol–water partition coefficient (Wildman–Crippen LogP) is 12.9. The summed E-state index contributed by atoms with van der Waals surface area (Å²) in [5.41, 5.74) is -1.30. The Balaban J connectivity index is 1.22. The maximum Gasteiger partial charge on any atom is 0.432 e. The molecule has 0 aliphatic heterocycles. The summed E-state index contributed by atoms with van der Waals surface area (Å²) in [6.07, 6.45) is 10.1. The van der Waals surface area contributed by atoms with E-state index in [0.29, 0.717) is 35.9 Å². The molecule has 1 nitrogen and oxygen atoms in total. The van der Waals surface area contributed by atoms with Crippen molar-refractivity contribution in [1.82, 2.24) is 0 Å². The van der Waals surface area contributed by atoms with Crippen LogP contribution in [-0.4, -0.2) is 5.75 Å². The summed E-state index contributed by atoms with van der Waals surface area (Å²) < 4.78 is 108. The predicted molar refractivity (Wildman–Crippen MR) is 173 cm³/mol. The number of hydrogen-bond donors (Lipinski definition) is 0. The third-order valence-corrected chi connectivity index (χ3v) is 11.1. The largest absolute Gasteiger partial charge is 0.432 e. The van der Waals surface area contributed by atoms with Crippen LogP contribution in [0.3, 0.4) is 0 Å². The molecule has 256 valence electrons. The molecule has 0 aromatic heterocycles. The molecule has 3 aromatic rings. The second-order valence-corrected chi connectivity index (χ2v) is 14.5. The van der Waals surface area contributed by atoms with Gasteiger partial charge in [0.15, 0.2) is 0 Å². The van der Waals surface area contributed by atoms with Gasteiger partial charge in [0.2, 0.25) is 0 Å². The lowest BCUT2D eigenvalue weighted by molar-refractivity contribution is -0.189. The molecule has 9 heteroatoms. The third kappa shape index (κ3) is 8.49. The smallest absolute Gasteiger partial charge is 0.429 e. The van der Waals surface area contributed by atoms with Gasteiger partial charge < -0.3 is 4.74 Å². The summed E-state index contributed by atoms with van der Waals surface area (Å²) in [7, 11) is 0. The van der Waals surface area contributed by atoms with Gasteiger partial charge >= 0.3 is 6.11 Å². The zero-order chi connectivity index (χ0) is 33.7. The molecule has 3 aromatic carbocycles. The number of alkyl halides is 2. The summed E-state index contributed by atoms with van der Waals surface area (Å²) >= 11 is 0.830. The normalized spacial score (nSPS) is 22.0. The van der Waals surface area contributed by atoms with E-state index in [9.17, 15) is 17.6 Å². The molecule has 0 heterocycles. The molecular weight excluding hydrogens is 637 g/mol. The van der Waals surface area contributed by atoms with E-state index in [2.05, 4.69) is 11.7 Å². The van der Waals surface area contributed by atoms with Crippen LogP contribution in [0.5, 0.6) is 5.75 Å². The fourth-order valence-corrected chi connectivity index (χ4v) is 8.34. The molecule has 2 aliphatic rings. The maximum atomic E-state index is 15.4. The molecule has 0 N–H and O–H groups in total. The number of halogens is 7. The van der Waals surface area contributed by atoms with Crippen LogP contribution in [-0.2, 0) is 6.11 Å². The fourth-order valence-electron chi connectivity index (χ4n) is 7.66. The molecule has 0 radical (unpaired) electrons. The highest BCUT2D eigenvalue weighted by molar-refractivity contribution is 7.99. The Morgan fingerprint density at radius 2 is 1.30 bits per heavy atom. The van der Waals surface area contributed by atoms with Gasteiger partial charge in [-0.2, -0.15) is 8.78 Å². The third-order valence-electron chi connectivity index (χ3n) is 10.2. The van der Waals surface area contributed by atoms with E-state index in [4.69, 9.17) is 0 Å². The number of hydrogen-bond acceptors (Lipinski definition) is 2. The maximum absolute atomic E-state index is 15.4. The van der Waals surface area contributed by atoms with Crippen molar-refractivity contribution >= 4 is 11.8 Å². The molecule has 47 heavy (non-hydrogen) atoms.